The van der Waals surface area contributed by atoms with Gasteiger partial charge in [0, 0.05) is 18.2 Å². The fraction of sp³-hybridized carbons (Fsp3) is 0.261. The van der Waals surface area contributed by atoms with Crippen LogP contribution in [0.4, 0.5) is 0 Å². The predicted molar refractivity (Wildman–Crippen MR) is 115 cm³/mol. The molecule has 3 rings (SSSR count). The van der Waals surface area contributed by atoms with Crippen LogP contribution < -0.4 is 5.32 Å². The van der Waals surface area contributed by atoms with Crippen LogP contribution in [0.1, 0.15) is 34.7 Å². The molecule has 0 atom stereocenters. The summed E-state index contributed by atoms with van der Waals surface area (Å²) in [6, 6.07) is 13.9. The van der Waals surface area contributed by atoms with E-state index in [0.717, 1.165) is 23.3 Å². The Bertz CT molecular complexity index is 1010. The summed E-state index contributed by atoms with van der Waals surface area (Å²) in [6.07, 6.45) is 3.01. The lowest BCUT2D eigenvalue weighted by Gasteiger charge is -2.10. The molecule has 0 spiro atoms. The van der Waals surface area contributed by atoms with Crippen LogP contribution in [-0.2, 0) is 27.5 Å². The van der Waals surface area contributed by atoms with Crippen LogP contribution in [0.2, 0.25) is 0 Å². The highest BCUT2D eigenvalue weighted by molar-refractivity contribution is 6.45. The Balaban J connectivity index is 1.73. The number of carbonyl (C=O) groups excluding carboxylic acids is 1. The molecule has 0 saturated heterocycles. The van der Waals surface area contributed by atoms with Crippen molar-refractivity contribution in [2.75, 3.05) is 14.2 Å². The molecule has 1 aliphatic carbocycles. The summed E-state index contributed by atoms with van der Waals surface area (Å²) in [6.45, 7) is 4.26. The van der Waals surface area contributed by atoms with E-state index in [4.69, 9.17) is 9.68 Å². The normalized spacial score (nSPS) is 13.6. The maximum atomic E-state index is 12.1. The number of allylic oxidation sites excluding steroid dienone is 1. The fourth-order valence-electron chi connectivity index (χ4n) is 3.26. The number of hydrogen-bond acceptors (Lipinski definition) is 5. The third-order valence-electron chi connectivity index (χ3n) is 4.79. The smallest absolute Gasteiger partial charge is 0.273 e. The van der Waals surface area contributed by atoms with E-state index in [1.165, 1.54) is 23.8 Å². The molecule has 0 heterocycles. The molecular weight excluding hydrogens is 366 g/mol. The van der Waals surface area contributed by atoms with Gasteiger partial charge in [-0.15, -0.1) is 0 Å². The van der Waals surface area contributed by atoms with Crippen molar-refractivity contribution in [3.63, 3.8) is 0 Å². The fourth-order valence-corrected chi connectivity index (χ4v) is 3.26. The summed E-state index contributed by atoms with van der Waals surface area (Å²) < 4.78 is 0. The van der Waals surface area contributed by atoms with Gasteiger partial charge in [0.15, 0.2) is 5.71 Å². The molecule has 0 bridgehead atoms. The zero-order valence-corrected chi connectivity index (χ0v) is 17.2. The topological polar surface area (TPSA) is 72.3 Å². The SMILES string of the molecule is CNC(=O)/C(=N/OC)c1ccccc1CO/N=C(\C)C1=Cc2ccc(C)cc2C1. The molecule has 1 amide bonds. The second-order valence-electron chi connectivity index (χ2n) is 6.86. The van der Waals surface area contributed by atoms with E-state index in [0.29, 0.717) is 5.56 Å². The van der Waals surface area contributed by atoms with E-state index >= 15 is 0 Å². The zero-order chi connectivity index (χ0) is 20.8. The first-order chi connectivity index (χ1) is 14.0. The molecule has 1 N–H and O–H groups in total. The number of rotatable bonds is 7. The van der Waals surface area contributed by atoms with Gasteiger partial charge in [0.25, 0.3) is 5.91 Å². The molecule has 1 aliphatic rings. The summed E-state index contributed by atoms with van der Waals surface area (Å²) in [7, 11) is 2.96. The van der Waals surface area contributed by atoms with Gasteiger partial charge in [-0.2, -0.15) is 0 Å². The third-order valence-corrected chi connectivity index (χ3v) is 4.79. The molecule has 0 unspecified atom stereocenters. The van der Waals surface area contributed by atoms with Crippen LogP contribution in [0.25, 0.3) is 6.08 Å². The monoisotopic (exact) mass is 391 g/mol. The van der Waals surface area contributed by atoms with Crippen LogP contribution in [0.5, 0.6) is 0 Å². The Labute approximate surface area is 170 Å². The van der Waals surface area contributed by atoms with Gasteiger partial charge in [-0.25, -0.2) is 0 Å². The lowest BCUT2D eigenvalue weighted by molar-refractivity contribution is -0.114. The van der Waals surface area contributed by atoms with E-state index < -0.39 is 0 Å². The van der Waals surface area contributed by atoms with Crippen molar-refractivity contribution in [2.45, 2.75) is 26.9 Å². The average molecular weight is 391 g/mol. The Hall–Kier alpha value is -3.41. The van der Waals surface area contributed by atoms with Crippen molar-refractivity contribution in [1.29, 1.82) is 0 Å². The minimum Gasteiger partial charge on any atom is -0.398 e. The highest BCUT2D eigenvalue weighted by Crippen LogP contribution is 2.26. The molecule has 150 valence electrons. The van der Waals surface area contributed by atoms with E-state index in [9.17, 15) is 4.79 Å². The number of likely N-dealkylation sites (N-methyl/N-ethyl adjacent to an activating group) is 1. The van der Waals surface area contributed by atoms with E-state index in [1.807, 2.05) is 25.1 Å². The maximum Gasteiger partial charge on any atom is 0.273 e. The van der Waals surface area contributed by atoms with Crippen molar-refractivity contribution in [2.24, 2.45) is 10.3 Å². The lowest BCUT2D eigenvalue weighted by Crippen LogP contribution is -2.29. The highest BCUT2D eigenvalue weighted by atomic mass is 16.6. The standard InChI is InChI=1S/C23H25N3O3/c1-15-9-10-17-12-19(13-20(17)11-15)16(2)25-29-14-18-7-5-6-8-21(18)22(26-28-4)23(27)24-3/h5-12H,13-14H2,1-4H3,(H,24,27)/b25-16+,26-22+. The van der Waals surface area contributed by atoms with Crippen molar-refractivity contribution in [3.05, 3.63) is 75.9 Å². The number of fused-ring (bicyclic) bond motifs is 1. The second-order valence-corrected chi connectivity index (χ2v) is 6.86. The van der Waals surface area contributed by atoms with Gasteiger partial charge >= 0.3 is 0 Å². The summed E-state index contributed by atoms with van der Waals surface area (Å²) in [5.41, 5.74) is 7.42. The molecule has 6 nitrogen and oxygen atoms in total. The van der Waals surface area contributed by atoms with Crippen molar-refractivity contribution < 1.29 is 14.5 Å². The number of carbonyl (C=O) groups is 1. The molecule has 29 heavy (non-hydrogen) atoms. The molecule has 0 fully saturated rings. The predicted octanol–water partition coefficient (Wildman–Crippen LogP) is 3.62. The van der Waals surface area contributed by atoms with Crippen LogP contribution >= 0.6 is 0 Å². The van der Waals surface area contributed by atoms with Gasteiger partial charge in [-0.3, -0.25) is 4.79 Å². The first kappa shape index (κ1) is 20.3. The Morgan fingerprint density at radius 2 is 1.97 bits per heavy atom. The molecule has 2 aromatic rings. The highest BCUT2D eigenvalue weighted by Gasteiger charge is 2.18. The summed E-state index contributed by atoms with van der Waals surface area (Å²) in [4.78, 5) is 22.6. The Morgan fingerprint density at radius 3 is 2.72 bits per heavy atom. The van der Waals surface area contributed by atoms with Crippen molar-refractivity contribution in [3.8, 4) is 0 Å². The zero-order valence-electron chi connectivity index (χ0n) is 17.2. The number of nitrogens with zero attached hydrogens (tertiary/aromatic N) is 2. The largest absolute Gasteiger partial charge is 0.398 e. The van der Waals surface area contributed by atoms with Crippen LogP contribution in [0, 0.1) is 6.92 Å². The molecule has 0 saturated carbocycles. The number of nitrogens with one attached hydrogen (secondary N) is 1. The quantitative estimate of drug-likeness (QED) is 0.579. The minimum absolute atomic E-state index is 0.194. The molecule has 0 radical (unpaired) electrons. The number of benzene rings is 2. The van der Waals surface area contributed by atoms with Gasteiger partial charge < -0.3 is 15.0 Å². The van der Waals surface area contributed by atoms with Crippen LogP contribution in [0.15, 0.2) is 58.3 Å². The molecular formula is C23H25N3O3. The average Bonchev–Trinajstić information content (AvgIpc) is 3.15. The van der Waals surface area contributed by atoms with Gasteiger partial charge in [0.1, 0.15) is 13.7 Å². The number of amides is 1. The first-order valence-electron chi connectivity index (χ1n) is 9.42. The lowest BCUT2D eigenvalue weighted by atomic mass is 10.0. The Kier molecular flexibility index (Phi) is 6.44. The molecule has 6 heteroatoms. The van der Waals surface area contributed by atoms with Crippen molar-refractivity contribution >= 4 is 23.4 Å². The molecule has 0 aromatic heterocycles. The number of hydrogen-bond donors (Lipinski definition) is 1. The minimum atomic E-state index is -0.330. The van der Waals surface area contributed by atoms with Crippen LogP contribution in [-0.4, -0.2) is 31.5 Å². The van der Waals surface area contributed by atoms with Gasteiger partial charge in [-0.1, -0.05) is 58.3 Å². The third kappa shape index (κ3) is 4.71. The van der Waals surface area contributed by atoms with Gasteiger partial charge in [0.05, 0.1) is 5.71 Å². The summed E-state index contributed by atoms with van der Waals surface area (Å²) in [5.74, 6) is -0.330. The Morgan fingerprint density at radius 1 is 1.17 bits per heavy atom. The summed E-state index contributed by atoms with van der Waals surface area (Å²) in [5, 5.41) is 10.7. The van der Waals surface area contributed by atoms with Crippen molar-refractivity contribution in [1.82, 2.24) is 5.32 Å². The first-order valence-corrected chi connectivity index (χ1v) is 9.42. The molecule has 2 aromatic carbocycles. The molecule has 0 aliphatic heterocycles. The number of oxime groups is 2. The van der Waals surface area contributed by atoms with E-state index in [1.54, 1.807) is 13.1 Å². The maximum absolute atomic E-state index is 12.1. The summed E-state index contributed by atoms with van der Waals surface area (Å²) >= 11 is 0. The van der Waals surface area contributed by atoms with E-state index in [2.05, 4.69) is 46.8 Å². The van der Waals surface area contributed by atoms with E-state index in [-0.39, 0.29) is 18.2 Å². The second kappa shape index (κ2) is 9.19. The number of aryl methyl sites for hydroxylation is 1. The van der Waals surface area contributed by atoms with Crippen LogP contribution in [0.3, 0.4) is 0 Å². The van der Waals surface area contributed by atoms with Gasteiger partial charge in [-0.05, 0) is 43.0 Å². The van der Waals surface area contributed by atoms with Gasteiger partial charge in [0.2, 0.25) is 0 Å².